The van der Waals surface area contributed by atoms with Crippen molar-refractivity contribution >= 4 is 27.2 Å². The highest BCUT2D eigenvalue weighted by molar-refractivity contribution is 7.17. The Balaban J connectivity index is 2.18. The molecular weight excluding hydrogens is 218 g/mol. The molecule has 0 saturated heterocycles. The smallest absolute Gasteiger partial charge is 0.151 e. The summed E-state index contributed by atoms with van der Waals surface area (Å²) >= 11 is 1.71. The third kappa shape index (κ3) is 2.49. The summed E-state index contributed by atoms with van der Waals surface area (Å²) in [5, 5.41) is 3.32. The maximum atomic E-state index is 11.7. The standard InChI is InChI=1S/C13H15NOS/c1-14(2)8-11(15)7-10-9-16-13-6-4-3-5-12(10)13/h3-6,9H,7-8H2,1-2H3. The molecular formula is C13H15NOS. The Morgan fingerprint density at radius 1 is 1.31 bits per heavy atom. The van der Waals surface area contributed by atoms with E-state index < -0.39 is 0 Å². The molecule has 0 unspecified atom stereocenters. The molecule has 0 amide bonds. The molecule has 0 fully saturated rings. The fourth-order valence-corrected chi connectivity index (χ4v) is 2.75. The summed E-state index contributed by atoms with van der Waals surface area (Å²) < 4.78 is 1.26. The molecule has 0 aliphatic rings. The van der Waals surface area contributed by atoms with Crippen molar-refractivity contribution in [2.75, 3.05) is 20.6 Å². The molecule has 0 bridgehead atoms. The molecule has 1 aromatic carbocycles. The van der Waals surface area contributed by atoms with Crippen LogP contribution in [0.3, 0.4) is 0 Å². The third-order valence-corrected chi connectivity index (χ3v) is 3.45. The molecule has 0 spiro atoms. The number of likely N-dealkylation sites (N-methyl/N-ethyl adjacent to an activating group) is 1. The fourth-order valence-electron chi connectivity index (χ4n) is 1.79. The number of benzene rings is 1. The summed E-state index contributed by atoms with van der Waals surface area (Å²) in [5.74, 6) is 0.272. The zero-order chi connectivity index (χ0) is 11.5. The van der Waals surface area contributed by atoms with Crippen molar-refractivity contribution < 1.29 is 4.79 Å². The number of hydrogen-bond acceptors (Lipinski definition) is 3. The number of hydrogen-bond donors (Lipinski definition) is 0. The number of ketones is 1. The van der Waals surface area contributed by atoms with Gasteiger partial charge in [-0.3, -0.25) is 4.79 Å². The molecule has 3 heteroatoms. The van der Waals surface area contributed by atoms with E-state index in [9.17, 15) is 4.79 Å². The van der Waals surface area contributed by atoms with Gasteiger partial charge in [0.1, 0.15) is 0 Å². The SMILES string of the molecule is CN(C)CC(=O)Cc1csc2ccccc12. The second-order valence-corrected chi connectivity index (χ2v) is 5.12. The topological polar surface area (TPSA) is 20.3 Å². The van der Waals surface area contributed by atoms with Gasteiger partial charge in [-0.1, -0.05) is 18.2 Å². The molecule has 2 aromatic rings. The van der Waals surface area contributed by atoms with Crippen molar-refractivity contribution in [2.24, 2.45) is 0 Å². The van der Waals surface area contributed by atoms with Crippen molar-refractivity contribution in [3.63, 3.8) is 0 Å². The molecule has 16 heavy (non-hydrogen) atoms. The van der Waals surface area contributed by atoms with E-state index in [-0.39, 0.29) is 5.78 Å². The van der Waals surface area contributed by atoms with Gasteiger partial charge in [-0.05, 0) is 36.5 Å². The first-order valence-corrected chi connectivity index (χ1v) is 6.16. The van der Waals surface area contributed by atoms with Crippen LogP contribution in [0, 0.1) is 0 Å². The van der Waals surface area contributed by atoms with Crippen LogP contribution in [0.5, 0.6) is 0 Å². The molecule has 1 heterocycles. The molecule has 0 atom stereocenters. The zero-order valence-electron chi connectivity index (χ0n) is 9.56. The number of Topliss-reactive ketones (excluding diaryl/α,β-unsaturated/α-hetero) is 1. The van der Waals surface area contributed by atoms with E-state index in [2.05, 4.69) is 17.5 Å². The van der Waals surface area contributed by atoms with E-state index in [4.69, 9.17) is 0 Å². The Morgan fingerprint density at radius 3 is 2.81 bits per heavy atom. The fraction of sp³-hybridized carbons (Fsp3) is 0.308. The van der Waals surface area contributed by atoms with Crippen LogP contribution in [-0.4, -0.2) is 31.3 Å². The summed E-state index contributed by atoms with van der Waals surface area (Å²) in [6.07, 6.45) is 0.544. The van der Waals surface area contributed by atoms with Gasteiger partial charge < -0.3 is 4.90 Å². The molecule has 0 aliphatic heterocycles. The zero-order valence-corrected chi connectivity index (χ0v) is 10.4. The number of thiophene rings is 1. The first-order valence-electron chi connectivity index (χ1n) is 5.28. The normalized spacial score (nSPS) is 11.2. The van der Waals surface area contributed by atoms with Gasteiger partial charge in [-0.15, -0.1) is 11.3 Å². The number of rotatable bonds is 4. The highest BCUT2D eigenvalue weighted by Crippen LogP contribution is 2.25. The largest absolute Gasteiger partial charge is 0.302 e. The first-order chi connectivity index (χ1) is 7.66. The molecule has 2 rings (SSSR count). The van der Waals surface area contributed by atoms with E-state index in [0.29, 0.717) is 13.0 Å². The quantitative estimate of drug-likeness (QED) is 0.809. The van der Waals surface area contributed by atoms with Gasteiger partial charge in [0.25, 0.3) is 0 Å². The highest BCUT2D eigenvalue weighted by atomic mass is 32.1. The van der Waals surface area contributed by atoms with Crippen molar-refractivity contribution in [2.45, 2.75) is 6.42 Å². The molecule has 0 N–H and O–H groups in total. The van der Waals surface area contributed by atoms with Gasteiger partial charge in [-0.2, -0.15) is 0 Å². The third-order valence-electron chi connectivity index (χ3n) is 2.44. The minimum Gasteiger partial charge on any atom is -0.302 e. The van der Waals surface area contributed by atoms with E-state index in [1.54, 1.807) is 11.3 Å². The molecule has 84 valence electrons. The molecule has 0 saturated carbocycles. The van der Waals surface area contributed by atoms with Crippen LogP contribution in [0.25, 0.3) is 10.1 Å². The van der Waals surface area contributed by atoms with Gasteiger partial charge in [0.05, 0.1) is 6.54 Å². The highest BCUT2D eigenvalue weighted by Gasteiger charge is 2.09. The van der Waals surface area contributed by atoms with Gasteiger partial charge in [-0.25, -0.2) is 0 Å². The van der Waals surface area contributed by atoms with Crippen LogP contribution < -0.4 is 0 Å². The Morgan fingerprint density at radius 2 is 2.06 bits per heavy atom. The van der Waals surface area contributed by atoms with Crippen molar-refractivity contribution in [1.29, 1.82) is 0 Å². The minimum atomic E-state index is 0.272. The summed E-state index contributed by atoms with van der Waals surface area (Å²) in [5.41, 5.74) is 1.16. The lowest BCUT2D eigenvalue weighted by molar-refractivity contribution is -0.119. The average Bonchev–Trinajstić information content (AvgIpc) is 2.61. The number of carbonyl (C=O) groups excluding carboxylic acids is 1. The summed E-state index contributed by atoms with van der Waals surface area (Å²) in [6.45, 7) is 0.518. The summed E-state index contributed by atoms with van der Waals surface area (Å²) in [4.78, 5) is 13.6. The van der Waals surface area contributed by atoms with Gasteiger partial charge in [0.2, 0.25) is 0 Å². The van der Waals surface area contributed by atoms with Crippen molar-refractivity contribution in [3.05, 3.63) is 35.2 Å². The van der Waals surface area contributed by atoms with E-state index in [1.807, 2.05) is 31.1 Å². The minimum absolute atomic E-state index is 0.272. The van der Waals surface area contributed by atoms with Crippen LogP contribution in [0.15, 0.2) is 29.6 Å². The molecule has 2 nitrogen and oxygen atoms in total. The average molecular weight is 233 g/mol. The Labute approximate surface area is 99.5 Å². The number of fused-ring (bicyclic) bond motifs is 1. The van der Waals surface area contributed by atoms with Gasteiger partial charge >= 0.3 is 0 Å². The van der Waals surface area contributed by atoms with Gasteiger partial charge in [0.15, 0.2) is 5.78 Å². The molecule has 1 aromatic heterocycles. The number of nitrogens with zero attached hydrogens (tertiary/aromatic N) is 1. The maximum Gasteiger partial charge on any atom is 0.151 e. The van der Waals surface area contributed by atoms with Crippen LogP contribution in [0.1, 0.15) is 5.56 Å². The van der Waals surface area contributed by atoms with Crippen LogP contribution in [0.2, 0.25) is 0 Å². The second kappa shape index (κ2) is 4.76. The lowest BCUT2D eigenvalue weighted by Crippen LogP contribution is -2.22. The predicted octanol–water partition coefficient (Wildman–Crippen LogP) is 2.57. The summed E-state index contributed by atoms with van der Waals surface area (Å²) in [6, 6.07) is 8.24. The Hall–Kier alpha value is -1.19. The Kier molecular flexibility index (Phi) is 3.36. The first kappa shape index (κ1) is 11.3. The second-order valence-electron chi connectivity index (χ2n) is 4.21. The van der Waals surface area contributed by atoms with Crippen molar-refractivity contribution in [3.8, 4) is 0 Å². The van der Waals surface area contributed by atoms with Crippen LogP contribution >= 0.6 is 11.3 Å². The predicted molar refractivity (Wildman–Crippen MR) is 69.1 cm³/mol. The summed E-state index contributed by atoms with van der Waals surface area (Å²) in [7, 11) is 3.84. The van der Waals surface area contributed by atoms with E-state index in [1.165, 1.54) is 10.1 Å². The lowest BCUT2D eigenvalue weighted by Gasteiger charge is -2.07. The van der Waals surface area contributed by atoms with E-state index >= 15 is 0 Å². The van der Waals surface area contributed by atoms with Crippen LogP contribution in [0.4, 0.5) is 0 Å². The van der Waals surface area contributed by atoms with Crippen molar-refractivity contribution in [1.82, 2.24) is 4.90 Å². The molecule has 0 radical (unpaired) electrons. The van der Waals surface area contributed by atoms with Gasteiger partial charge in [0, 0.05) is 11.1 Å². The Bertz CT molecular complexity index is 501. The lowest BCUT2D eigenvalue weighted by atomic mass is 10.1. The number of carbonyl (C=O) groups is 1. The van der Waals surface area contributed by atoms with Crippen LogP contribution in [-0.2, 0) is 11.2 Å². The maximum absolute atomic E-state index is 11.7. The monoisotopic (exact) mass is 233 g/mol. The van der Waals surface area contributed by atoms with E-state index in [0.717, 1.165) is 5.56 Å². The molecule has 0 aliphatic carbocycles.